The largest absolute Gasteiger partial charge is 0.484 e. The highest BCUT2D eigenvalue weighted by Crippen LogP contribution is 2.17. The number of rotatable bonds is 3. The van der Waals surface area contributed by atoms with Crippen molar-refractivity contribution >= 4 is 29.9 Å². The zero-order valence-electron chi connectivity index (χ0n) is 9.89. The molecule has 100 valence electrons. The Labute approximate surface area is 118 Å². The molecule has 0 atom stereocenters. The van der Waals surface area contributed by atoms with Crippen LogP contribution >= 0.6 is 24.0 Å². The minimum Gasteiger partial charge on any atom is -0.484 e. The summed E-state index contributed by atoms with van der Waals surface area (Å²) in [6.45, 7) is 3.27. The van der Waals surface area contributed by atoms with Crippen LogP contribution in [0.3, 0.4) is 0 Å². The van der Waals surface area contributed by atoms with Crippen LogP contribution in [0.15, 0.2) is 24.3 Å². The normalized spacial score (nSPS) is 14.8. The molecule has 0 bridgehead atoms. The maximum absolute atomic E-state index is 11.8. The topological polar surface area (TPSA) is 41.6 Å². The van der Waals surface area contributed by atoms with Crippen LogP contribution in [0.5, 0.6) is 5.75 Å². The molecule has 0 aromatic heterocycles. The van der Waals surface area contributed by atoms with Gasteiger partial charge >= 0.3 is 0 Å². The lowest BCUT2D eigenvalue weighted by atomic mass is 10.3. The van der Waals surface area contributed by atoms with Gasteiger partial charge in [0.05, 0.1) is 0 Å². The first-order chi connectivity index (χ1) is 8.25. The molecule has 1 aromatic rings. The summed E-state index contributed by atoms with van der Waals surface area (Å²) in [4.78, 5) is 13.6. The first-order valence-electron chi connectivity index (χ1n) is 5.62. The Balaban J connectivity index is 0.00000162. The fourth-order valence-electron chi connectivity index (χ4n) is 1.71. The molecule has 1 fully saturated rings. The van der Waals surface area contributed by atoms with Crippen LogP contribution in [0.25, 0.3) is 0 Å². The number of nitrogens with one attached hydrogen (secondary N) is 1. The standard InChI is InChI=1S/C12H15ClN2O2.ClH/c13-10-2-1-3-11(8-10)17-9-12(16)15-6-4-14-5-7-15;/h1-3,8,14H,4-7,9H2;1H. The van der Waals surface area contributed by atoms with E-state index in [1.807, 2.05) is 0 Å². The molecule has 0 unspecified atom stereocenters. The number of hydrogen-bond acceptors (Lipinski definition) is 3. The van der Waals surface area contributed by atoms with Crippen molar-refractivity contribution in [3.05, 3.63) is 29.3 Å². The van der Waals surface area contributed by atoms with Crippen molar-refractivity contribution in [2.24, 2.45) is 0 Å². The predicted molar refractivity (Wildman–Crippen MR) is 73.6 cm³/mol. The van der Waals surface area contributed by atoms with Gasteiger partial charge < -0.3 is 15.0 Å². The number of hydrogen-bond donors (Lipinski definition) is 1. The van der Waals surface area contributed by atoms with E-state index >= 15 is 0 Å². The van der Waals surface area contributed by atoms with E-state index in [-0.39, 0.29) is 24.9 Å². The highest BCUT2D eigenvalue weighted by Gasteiger charge is 2.16. The third-order valence-electron chi connectivity index (χ3n) is 2.63. The van der Waals surface area contributed by atoms with Gasteiger partial charge in [-0.05, 0) is 18.2 Å². The number of benzene rings is 1. The number of piperazine rings is 1. The fourth-order valence-corrected chi connectivity index (χ4v) is 1.89. The molecule has 1 N–H and O–H groups in total. The average molecular weight is 291 g/mol. The minimum atomic E-state index is 0. The molecule has 1 aromatic carbocycles. The summed E-state index contributed by atoms with van der Waals surface area (Å²) in [5, 5.41) is 3.81. The van der Waals surface area contributed by atoms with E-state index in [2.05, 4.69) is 5.32 Å². The van der Waals surface area contributed by atoms with Crippen molar-refractivity contribution in [2.75, 3.05) is 32.8 Å². The molecule has 1 heterocycles. The predicted octanol–water partition coefficient (Wildman–Crippen LogP) is 1.57. The summed E-state index contributed by atoms with van der Waals surface area (Å²) in [6, 6.07) is 7.06. The van der Waals surface area contributed by atoms with E-state index in [0.29, 0.717) is 10.8 Å². The monoisotopic (exact) mass is 290 g/mol. The molecule has 1 saturated heterocycles. The lowest BCUT2D eigenvalue weighted by Crippen LogP contribution is -2.47. The van der Waals surface area contributed by atoms with Crippen molar-refractivity contribution in [3.8, 4) is 5.75 Å². The zero-order valence-corrected chi connectivity index (χ0v) is 11.5. The van der Waals surface area contributed by atoms with E-state index < -0.39 is 0 Å². The van der Waals surface area contributed by atoms with Crippen LogP contribution in [0, 0.1) is 0 Å². The lowest BCUT2D eigenvalue weighted by molar-refractivity contribution is -0.133. The summed E-state index contributed by atoms with van der Waals surface area (Å²) in [6.07, 6.45) is 0. The second kappa shape index (κ2) is 7.46. The molecule has 6 heteroatoms. The van der Waals surface area contributed by atoms with Gasteiger partial charge in [-0.1, -0.05) is 17.7 Å². The van der Waals surface area contributed by atoms with E-state index in [1.54, 1.807) is 29.2 Å². The van der Waals surface area contributed by atoms with Gasteiger partial charge in [-0.3, -0.25) is 4.79 Å². The summed E-state index contributed by atoms with van der Waals surface area (Å²) in [7, 11) is 0. The Morgan fingerprint density at radius 3 is 2.78 bits per heavy atom. The van der Waals surface area contributed by atoms with Gasteiger partial charge in [-0.25, -0.2) is 0 Å². The number of nitrogens with zero attached hydrogens (tertiary/aromatic N) is 1. The van der Waals surface area contributed by atoms with Gasteiger partial charge in [0.1, 0.15) is 5.75 Å². The lowest BCUT2D eigenvalue weighted by Gasteiger charge is -2.27. The maximum Gasteiger partial charge on any atom is 0.260 e. The minimum absolute atomic E-state index is 0. The summed E-state index contributed by atoms with van der Waals surface area (Å²) in [5.41, 5.74) is 0. The third-order valence-corrected chi connectivity index (χ3v) is 2.86. The highest BCUT2D eigenvalue weighted by atomic mass is 35.5. The molecule has 2 rings (SSSR count). The van der Waals surface area contributed by atoms with Crippen LogP contribution in [-0.2, 0) is 4.79 Å². The molecule has 0 aliphatic carbocycles. The molecule has 1 aliphatic rings. The van der Waals surface area contributed by atoms with Crippen LogP contribution < -0.4 is 10.1 Å². The Morgan fingerprint density at radius 2 is 2.11 bits per heavy atom. The maximum atomic E-state index is 11.8. The molecule has 1 aliphatic heterocycles. The highest BCUT2D eigenvalue weighted by molar-refractivity contribution is 6.30. The molecule has 18 heavy (non-hydrogen) atoms. The van der Waals surface area contributed by atoms with Crippen LogP contribution in [0.4, 0.5) is 0 Å². The van der Waals surface area contributed by atoms with Crippen molar-refractivity contribution in [1.82, 2.24) is 10.2 Å². The van der Waals surface area contributed by atoms with E-state index in [9.17, 15) is 4.79 Å². The third kappa shape index (κ3) is 4.37. The van der Waals surface area contributed by atoms with Crippen molar-refractivity contribution in [3.63, 3.8) is 0 Å². The summed E-state index contributed by atoms with van der Waals surface area (Å²) >= 11 is 5.83. The quantitative estimate of drug-likeness (QED) is 0.919. The number of amides is 1. The van der Waals surface area contributed by atoms with E-state index in [1.165, 1.54) is 0 Å². The van der Waals surface area contributed by atoms with E-state index in [0.717, 1.165) is 26.2 Å². The molecule has 0 saturated carbocycles. The summed E-state index contributed by atoms with van der Waals surface area (Å²) < 4.78 is 5.41. The number of carbonyl (C=O) groups excluding carboxylic acids is 1. The van der Waals surface area contributed by atoms with Crippen LogP contribution in [-0.4, -0.2) is 43.6 Å². The molecule has 4 nitrogen and oxygen atoms in total. The molecular formula is C12H16Cl2N2O2. The van der Waals surface area contributed by atoms with Crippen molar-refractivity contribution in [1.29, 1.82) is 0 Å². The molecule has 0 spiro atoms. The van der Waals surface area contributed by atoms with E-state index in [4.69, 9.17) is 16.3 Å². The van der Waals surface area contributed by atoms with Gasteiger partial charge in [0, 0.05) is 31.2 Å². The number of halogens is 2. The molecule has 1 amide bonds. The van der Waals surface area contributed by atoms with Gasteiger partial charge in [-0.15, -0.1) is 12.4 Å². The van der Waals surface area contributed by atoms with Gasteiger partial charge in [-0.2, -0.15) is 0 Å². The Kier molecular flexibility index (Phi) is 6.25. The van der Waals surface area contributed by atoms with Gasteiger partial charge in [0.2, 0.25) is 0 Å². The number of carbonyl (C=O) groups is 1. The van der Waals surface area contributed by atoms with Gasteiger partial charge in [0.15, 0.2) is 6.61 Å². The van der Waals surface area contributed by atoms with Gasteiger partial charge in [0.25, 0.3) is 5.91 Å². The van der Waals surface area contributed by atoms with Crippen molar-refractivity contribution in [2.45, 2.75) is 0 Å². The smallest absolute Gasteiger partial charge is 0.260 e. The molecule has 0 radical (unpaired) electrons. The number of ether oxygens (including phenoxy) is 1. The second-order valence-electron chi connectivity index (χ2n) is 3.88. The average Bonchev–Trinajstić information content (AvgIpc) is 2.37. The fraction of sp³-hybridized carbons (Fsp3) is 0.417. The second-order valence-corrected chi connectivity index (χ2v) is 4.31. The Hall–Kier alpha value is -0.970. The first kappa shape index (κ1) is 15.1. The van der Waals surface area contributed by atoms with Crippen LogP contribution in [0.2, 0.25) is 5.02 Å². The Bertz CT molecular complexity index is 395. The Morgan fingerprint density at radius 1 is 1.39 bits per heavy atom. The first-order valence-corrected chi connectivity index (χ1v) is 6.00. The van der Waals surface area contributed by atoms with Crippen molar-refractivity contribution < 1.29 is 9.53 Å². The zero-order chi connectivity index (χ0) is 12.1. The SMILES string of the molecule is Cl.O=C(COc1cccc(Cl)c1)N1CCNCC1. The van der Waals surface area contributed by atoms with Crippen LogP contribution in [0.1, 0.15) is 0 Å². The summed E-state index contributed by atoms with van der Waals surface area (Å²) in [5.74, 6) is 0.646. The molecular weight excluding hydrogens is 275 g/mol.